The SMILES string of the molecule is CCCc1cc(N)nc(-c2cn[nH]n2)n1. The first-order chi connectivity index (χ1) is 7.29. The Hall–Kier alpha value is -1.98. The Morgan fingerprint density at radius 1 is 1.40 bits per heavy atom. The molecule has 2 heterocycles. The van der Waals surface area contributed by atoms with Crippen LogP contribution in [0.1, 0.15) is 19.0 Å². The van der Waals surface area contributed by atoms with Crippen molar-refractivity contribution in [2.75, 3.05) is 5.73 Å². The van der Waals surface area contributed by atoms with Crippen molar-refractivity contribution in [1.29, 1.82) is 0 Å². The first-order valence-corrected chi connectivity index (χ1v) is 4.79. The van der Waals surface area contributed by atoms with Crippen molar-refractivity contribution < 1.29 is 0 Å². The lowest BCUT2D eigenvalue weighted by Gasteiger charge is -2.02. The van der Waals surface area contributed by atoms with Gasteiger partial charge in [-0.2, -0.15) is 15.4 Å². The summed E-state index contributed by atoms with van der Waals surface area (Å²) in [6.07, 6.45) is 3.48. The molecule has 0 aliphatic rings. The largest absolute Gasteiger partial charge is 0.384 e. The van der Waals surface area contributed by atoms with Crippen molar-refractivity contribution >= 4 is 5.82 Å². The molecule has 15 heavy (non-hydrogen) atoms. The van der Waals surface area contributed by atoms with Crippen LogP contribution in [0.25, 0.3) is 11.5 Å². The van der Waals surface area contributed by atoms with Crippen LogP contribution in [0.5, 0.6) is 0 Å². The molecule has 2 rings (SSSR count). The second-order valence-corrected chi connectivity index (χ2v) is 3.21. The standard InChI is InChI=1S/C9H12N6/c1-2-3-6-4-8(10)13-9(12-6)7-5-11-15-14-7/h4-5H,2-3H2,1H3,(H2,10,12,13)(H,11,14,15). The normalized spacial score (nSPS) is 10.5. The lowest BCUT2D eigenvalue weighted by Crippen LogP contribution is -2.00. The monoisotopic (exact) mass is 204 g/mol. The van der Waals surface area contributed by atoms with Crippen molar-refractivity contribution in [3.05, 3.63) is 18.0 Å². The second-order valence-electron chi connectivity index (χ2n) is 3.21. The van der Waals surface area contributed by atoms with Gasteiger partial charge in [-0.15, -0.1) is 0 Å². The number of anilines is 1. The molecular formula is C9H12N6. The number of H-pyrrole nitrogens is 1. The number of aryl methyl sites for hydroxylation is 1. The van der Waals surface area contributed by atoms with Crippen LogP contribution in [-0.4, -0.2) is 25.4 Å². The summed E-state index contributed by atoms with van der Waals surface area (Å²) in [7, 11) is 0. The summed E-state index contributed by atoms with van der Waals surface area (Å²) in [5, 5.41) is 10.1. The van der Waals surface area contributed by atoms with E-state index >= 15 is 0 Å². The topological polar surface area (TPSA) is 93.4 Å². The second kappa shape index (κ2) is 4.04. The number of nitrogens with zero attached hydrogens (tertiary/aromatic N) is 4. The third-order valence-electron chi connectivity index (χ3n) is 1.95. The zero-order valence-electron chi connectivity index (χ0n) is 8.44. The number of aromatic nitrogens is 5. The molecule has 0 unspecified atom stereocenters. The van der Waals surface area contributed by atoms with Gasteiger partial charge in [-0.25, -0.2) is 9.97 Å². The molecular weight excluding hydrogens is 192 g/mol. The fraction of sp³-hybridized carbons (Fsp3) is 0.333. The van der Waals surface area contributed by atoms with Gasteiger partial charge >= 0.3 is 0 Å². The summed E-state index contributed by atoms with van der Waals surface area (Å²) < 4.78 is 0. The van der Waals surface area contributed by atoms with Crippen molar-refractivity contribution in [2.24, 2.45) is 0 Å². The minimum atomic E-state index is 0.464. The number of hydrogen-bond acceptors (Lipinski definition) is 5. The van der Waals surface area contributed by atoms with Crippen molar-refractivity contribution in [1.82, 2.24) is 25.4 Å². The van der Waals surface area contributed by atoms with Crippen LogP contribution in [0.3, 0.4) is 0 Å². The van der Waals surface area contributed by atoms with Gasteiger partial charge in [0.25, 0.3) is 0 Å². The number of nitrogens with one attached hydrogen (secondary N) is 1. The first kappa shape index (κ1) is 9.57. The Bertz CT molecular complexity index is 436. The maximum Gasteiger partial charge on any atom is 0.183 e. The molecule has 0 aliphatic carbocycles. The molecule has 0 aromatic carbocycles. The van der Waals surface area contributed by atoms with Crippen LogP contribution in [-0.2, 0) is 6.42 Å². The Balaban J connectivity index is 2.40. The van der Waals surface area contributed by atoms with Crippen LogP contribution >= 0.6 is 0 Å². The van der Waals surface area contributed by atoms with Gasteiger partial charge in [-0.1, -0.05) is 13.3 Å². The van der Waals surface area contributed by atoms with E-state index in [0.717, 1.165) is 18.5 Å². The van der Waals surface area contributed by atoms with Crippen LogP contribution in [0.2, 0.25) is 0 Å². The van der Waals surface area contributed by atoms with Gasteiger partial charge in [0.15, 0.2) is 5.82 Å². The van der Waals surface area contributed by atoms with Gasteiger partial charge in [0.05, 0.1) is 6.20 Å². The van der Waals surface area contributed by atoms with E-state index in [2.05, 4.69) is 32.3 Å². The van der Waals surface area contributed by atoms with Gasteiger partial charge in [0.2, 0.25) is 0 Å². The molecule has 3 N–H and O–H groups in total. The average Bonchev–Trinajstić information content (AvgIpc) is 2.70. The fourth-order valence-corrected chi connectivity index (χ4v) is 1.33. The highest BCUT2D eigenvalue weighted by molar-refractivity contribution is 5.50. The molecule has 6 heteroatoms. The average molecular weight is 204 g/mol. The molecule has 0 spiro atoms. The van der Waals surface area contributed by atoms with Gasteiger partial charge in [0, 0.05) is 11.8 Å². The molecule has 78 valence electrons. The third kappa shape index (κ3) is 2.09. The lowest BCUT2D eigenvalue weighted by atomic mass is 10.2. The van der Waals surface area contributed by atoms with E-state index in [4.69, 9.17) is 5.73 Å². The Morgan fingerprint density at radius 3 is 2.93 bits per heavy atom. The number of nitrogen functional groups attached to an aromatic ring is 1. The highest BCUT2D eigenvalue weighted by Crippen LogP contribution is 2.13. The van der Waals surface area contributed by atoms with Crippen molar-refractivity contribution in [3.63, 3.8) is 0 Å². The highest BCUT2D eigenvalue weighted by Gasteiger charge is 2.07. The summed E-state index contributed by atoms with van der Waals surface area (Å²) in [5.74, 6) is 0.985. The summed E-state index contributed by atoms with van der Waals surface area (Å²) in [6, 6.07) is 1.78. The maximum absolute atomic E-state index is 5.69. The summed E-state index contributed by atoms with van der Waals surface area (Å²) in [6.45, 7) is 2.09. The smallest absolute Gasteiger partial charge is 0.183 e. The molecule has 0 bridgehead atoms. The van der Waals surface area contributed by atoms with E-state index in [-0.39, 0.29) is 0 Å². The van der Waals surface area contributed by atoms with Crippen LogP contribution in [0.4, 0.5) is 5.82 Å². The van der Waals surface area contributed by atoms with Crippen LogP contribution in [0.15, 0.2) is 12.3 Å². The van der Waals surface area contributed by atoms with E-state index in [0.29, 0.717) is 17.3 Å². The van der Waals surface area contributed by atoms with Gasteiger partial charge in [-0.05, 0) is 6.42 Å². The number of hydrogen-bond donors (Lipinski definition) is 2. The van der Waals surface area contributed by atoms with E-state index < -0.39 is 0 Å². The molecule has 0 saturated carbocycles. The molecule has 0 aliphatic heterocycles. The predicted molar refractivity (Wildman–Crippen MR) is 55.8 cm³/mol. The Morgan fingerprint density at radius 2 is 2.27 bits per heavy atom. The number of nitrogens with two attached hydrogens (primary N) is 1. The predicted octanol–water partition coefficient (Wildman–Crippen LogP) is 0.796. The molecule has 2 aromatic rings. The first-order valence-electron chi connectivity index (χ1n) is 4.79. The molecule has 0 saturated heterocycles. The third-order valence-corrected chi connectivity index (χ3v) is 1.95. The van der Waals surface area contributed by atoms with Crippen LogP contribution < -0.4 is 5.73 Å². The minimum absolute atomic E-state index is 0.464. The van der Waals surface area contributed by atoms with Gasteiger partial charge in [0.1, 0.15) is 11.5 Å². The van der Waals surface area contributed by atoms with E-state index in [1.165, 1.54) is 0 Å². The van der Waals surface area contributed by atoms with Crippen molar-refractivity contribution in [2.45, 2.75) is 19.8 Å². The zero-order valence-corrected chi connectivity index (χ0v) is 8.44. The highest BCUT2D eigenvalue weighted by atomic mass is 15.3. The van der Waals surface area contributed by atoms with Crippen molar-refractivity contribution in [3.8, 4) is 11.5 Å². The number of rotatable bonds is 3. The summed E-state index contributed by atoms with van der Waals surface area (Å²) >= 11 is 0. The molecule has 6 nitrogen and oxygen atoms in total. The minimum Gasteiger partial charge on any atom is -0.384 e. The van der Waals surface area contributed by atoms with Gasteiger partial charge in [-0.3, -0.25) is 0 Å². The Kier molecular flexibility index (Phi) is 2.57. The fourth-order valence-electron chi connectivity index (χ4n) is 1.33. The Labute approximate surface area is 86.9 Å². The lowest BCUT2D eigenvalue weighted by molar-refractivity contribution is 0.874. The number of aromatic amines is 1. The van der Waals surface area contributed by atoms with E-state index in [9.17, 15) is 0 Å². The summed E-state index contributed by atoms with van der Waals surface area (Å²) in [5.41, 5.74) is 7.23. The zero-order chi connectivity index (χ0) is 10.7. The maximum atomic E-state index is 5.69. The van der Waals surface area contributed by atoms with E-state index in [1.54, 1.807) is 12.3 Å². The molecule has 2 aromatic heterocycles. The molecule has 0 fully saturated rings. The summed E-state index contributed by atoms with van der Waals surface area (Å²) in [4.78, 5) is 8.45. The molecule has 0 amide bonds. The van der Waals surface area contributed by atoms with E-state index in [1.807, 2.05) is 0 Å². The van der Waals surface area contributed by atoms with Gasteiger partial charge < -0.3 is 5.73 Å². The molecule has 0 atom stereocenters. The van der Waals surface area contributed by atoms with Crippen LogP contribution in [0, 0.1) is 0 Å². The molecule has 0 radical (unpaired) electrons. The quantitative estimate of drug-likeness (QED) is 0.771.